The van der Waals surface area contributed by atoms with Gasteiger partial charge in [0.15, 0.2) is 0 Å². The molecule has 0 amide bonds. The number of halogens is 2. The number of aromatic amines is 1. The van der Waals surface area contributed by atoms with Crippen LogP contribution in [0.2, 0.25) is 0 Å². The number of hydrogen-bond donors (Lipinski definition) is 3. The lowest BCUT2D eigenvalue weighted by Gasteiger charge is -2.35. The smallest absolute Gasteiger partial charge is 0.349 e. The van der Waals surface area contributed by atoms with Crippen molar-refractivity contribution < 1.29 is 5.11 Å². The van der Waals surface area contributed by atoms with E-state index in [9.17, 15) is 5.11 Å². The SMILES string of the molecule is CC1(Br)C=CC(C)([CH]([AlH][I])c2ccc([CH](O)[AlH2])[nH]2)N1. The van der Waals surface area contributed by atoms with Gasteiger partial charge >= 0.3 is 11.9 Å². The predicted molar refractivity (Wildman–Crippen MR) is 96.2 cm³/mol. The molecule has 2 heterocycles. The molecule has 0 saturated heterocycles. The van der Waals surface area contributed by atoms with Crippen LogP contribution in [0.5, 0.6) is 0 Å². The average molecular weight is 467 g/mol. The molecule has 3 nitrogen and oxygen atoms in total. The van der Waals surface area contributed by atoms with Crippen molar-refractivity contribution in [1.82, 2.24) is 10.3 Å². The number of hydrogen-bond acceptors (Lipinski definition) is 2. The van der Waals surface area contributed by atoms with Gasteiger partial charge in [-0.05, 0) is 30.8 Å². The van der Waals surface area contributed by atoms with Crippen LogP contribution in [-0.2, 0) is 0 Å². The molecule has 7 heteroatoms. The van der Waals surface area contributed by atoms with Gasteiger partial charge in [-0.3, -0.25) is 5.32 Å². The normalized spacial score (nSPS) is 33.3. The number of aliphatic hydroxyl groups is 1. The summed E-state index contributed by atoms with van der Waals surface area (Å²) in [5.74, 6) is 0. The number of rotatable bonds is 4. The van der Waals surface area contributed by atoms with Crippen molar-refractivity contribution in [2.45, 2.75) is 33.6 Å². The number of alkyl halides is 1. The van der Waals surface area contributed by atoms with Crippen molar-refractivity contribution in [2.24, 2.45) is 0 Å². The third-order valence-electron chi connectivity index (χ3n) is 3.69. The van der Waals surface area contributed by atoms with Crippen molar-refractivity contribution in [3.63, 3.8) is 0 Å². The number of aliphatic hydroxyl groups excluding tert-OH is 1. The molecular weight excluding hydrogens is 449 g/mol. The van der Waals surface area contributed by atoms with Gasteiger partial charge in [0, 0.05) is 21.9 Å². The summed E-state index contributed by atoms with van der Waals surface area (Å²) in [5.41, 5.74) is 2.18. The van der Waals surface area contributed by atoms with Crippen molar-refractivity contribution >= 4 is 64.4 Å². The Morgan fingerprint density at radius 1 is 1.37 bits per heavy atom. The van der Waals surface area contributed by atoms with E-state index in [1.165, 1.54) is 5.69 Å². The molecule has 0 fully saturated rings. The lowest BCUT2D eigenvalue weighted by atomic mass is 9.96. The fourth-order valence-electron chi connectivity index (χ4n) is 2.59. The van der Waals surface area contributed by atoms with Crippen LogP contribution in [0.1, 0.15) is 35.0 Å². The molecule has 0 spiro atoms. The third kappa shape index (κ3) is 3.70. The molecular formula is C12H18Al2BrIN2O. The Morgan fingerprint density at radius 3 is 2.42 bits per heavy atom. The Bertz CT molecular complexity index is 492. The van der Waals surface area contributed by atoms with E-state index in [1.807, 2.05) is 6.07 Å². The fraction of sp³-hybridized carbons (Fsp3) is 0.500. The van der Waals surface area contributed by atoms with Crippen molar-refractivity contribution in [3.05, 3.63) is 35.7 Å². The minimum atomic E-state index is -0.299. The lowest BCUT2D eigenvalue weighted by Crippen LogP contribution is -2.50. The van der Waals surface area contributed by atoms with Crippen LogP contribution < -0.4 is 5.32 Å². The molecule has 0 bridgehead atoms. The highest BCUT2D eigenvalue weighted by Gasteiger charge is 2.42. The molecule has 2 rings (SSSR count). The maximum atomic E-state index is 9.71. The van der Waals surface area contributed by atoms with E-state index in [-0.39, 0.29) is 26.9 Å². The molecule has 0 aromatic carbocycles. The summed E-state index contributed by atoms with van der Waals surface area (Å²) < 4.78 is 0.366. The molecule has 102 valence electrons. The summed E-state index contributed by atoms with van der Waals surface area (Å²) in [6.45, 7) is 4.38. The van der Waals surface area contributed by atoms with Gasteiger partial charge in [0.25, 0.3) is 16.3 Å². The maximum Gasteiger partial charge on any atom is 0.349 e. The van der Waals surface area contributed by atoms with E-state index in [4.69, 9.17) is 0 Å². The van der Waals surface area contributed by atoms with Crippen LogP contribution >= 0.6 is 36.2 Å². The van der Waals surface area contributed by atoms with Crippen molar-refractivity contribution in [3.8, 4) is 0 Å². The molecule has 19 heavy (non-hydrogen) atoms. The quantitative estimate of drug-likeness (QED) is 0.207. The zero-order chi connectivity index (χ0) is 14.3. The molecule has 1 aliphatic rings. The summed E-state index contributed by atoms with van der Waals surface area (Å²) in [6, 6.07) is 4.16. The molecule has 3 N–H and O–H groups in total. The van der Waals surface area contributed by atoms with Crippen LogP contribution in [0.3, 0.4) is 0 Å². The molecule has 1 aliphatic heterocycles. The van der Waals surface area contributed by atoms with Crippen LogP contribution in [0, 0.1) is 0 Å². The molecule has 0 aliphatic carbocycles. The summed E-state index contributed by atoms with van der Waals surface area (Å²) in [6.07, 6.45) is 4.46. The Labute approximate surface area is 147 Å². The van der Waals surface area contributed by atoms with Gasteiger partial charge in [0.1, 0.15) is 0 Å². The van der Waals surface area contributed by atoms with E-state index >= 15 is 0 Å². The Balaban J connectivity index is 2.27. The summed E-state index contributed by atoms with van der Waals surface area (Å²) in [4.78, 5) is 3.12. The highest BCUT2D eigenvalue weighted by molar-refractivity contribution is 14.1. The van der Waals surface area contributed by atoms with Crippen LogP contribution in [0.4, 0.5) is 0 Å². The van der Waals surface area contributed by atoms with Gasteiger partial charge < -0.3 is 10.1 Å². The minimum absolute atomic E-state index is 0.0239. The monoisotopic (exact) mass is 466 g/mol. The average Bonchev–Trinajstić information content (AvgIpc) is 2.86. The summed E-state index contributed by atoms with van der Waals surface area (Å²) in [7, 11) is 0. The topological polar surface area (TPSA) is 48.0 Å². The number of aromatic nitrogens is 1. The lowest BCUT2D eigenvalue weighted by molar-refractivity contribution is 0.257. The molecule has 4 unspecified atom stereocenters. The van der Waals surface area contributed by atoms with Crippen LogP contribution in [0.15, 0.2) is 24.3 Å². The predicted octanol–water partition coefficient (Wildman–Crippen LogP) is 1.50. The second-order valence-corrected chi connectivity index (χ2v) is 12.1. The van der Waals surface area contributed by atoms with Gasteiger partial charge in [0.05, 0.1) is 4.45 Å². The minimum Gasteiger partial charge on any atom is -0.403 e. The van der Waals surface area contributed by atoms with E-state index < -0.39 is 0 Å². The van der Waals surface area contributed by atoms with Gasteiger partial charge in [-0.1, -0.05) is 28.1 Å². The van der Waals surface area contributed by atoms with Gasteiger partial charge in [-0.25, -0.2) is 20.3 Å². The van der Waals surface area contributed by atoms with E-state index in [1.54, 1.807) is 0 Å². The van der Waals surface area contributed by atoms with E-state index in [2.05, 4.69) is 78.6 Å². The van der Waals surface area contributed by atoms with Gasteiger partial charge in [-0.2, -0.15) is 0 Å². The molecule has 4 atom stereocenters. The molecule has 0 saturated carbocycles. The van der Waals surface area contributed by atoms with Crippen LogP contribution in [-0.4, -0.2) is 48.3 Å². The largest absolute Gasteiger partial charge is 0.403 e. The zero-order valence-electron chi connectivity index (χ0n) is 11.4. The fourth-order valence-corrected chi connectivity index (χ4v) is 8.61. The first-order valence-corrected chi connectivity index (χ1v) is 14.3. The van der Waals surface area contributed by atoms with Crippen molar-refractivity contribution in [2.75, 3.05) is 0 Å². The first kappa shape index (κ1) is 16.6. The molecule has 1 aromatic heterocycles. The highest BCUT2D eigenvalue weighted by atomic mass is 127. The van der Waals surface area contributed by atoms with Gasteiger partial charge in [-0.15, -0.1) is 0 Å². The Morgan fingerprint density at radius 2 is 2.00 bits per heavy atom. The standard InChI is InChI=1S/C12H15BrN2O.2Al.HI.3H/c1-11(5-6-12(2,13)15-11)7-9-3-4-10(8-16)14-9;;;;;;/h3-8,14-16H,1-2H3;;;1H;;;/q;;+1;;;;/p-1. The second kappa shape index (κ2) is 6.14. The molecule has 1 aromatic rings. The first-order valence-electron chi connectivity index (χ1n) is 6.39. The third-order valence-corrected chi connectivity index (χ3v) is 9.01. The zero-order valence-corrected chi connectivity index (χ0v) is 18.5. The van der Waals surface area contributed by atoms with E-state index in [0.29, 0.717) is 4.78 Å². The maximum absolute atomic E-state index is 9.71. The second-order valence-electron chi connectivity index (χ2n) is 5.57. The number of H-pyrrole nitrogens is 1. The molecule has 0 radical (unpaired) electrons. The van der Waals surface area contributed by atoms with Crippen LogP contribution in [0.25, 0.3) is 0 Å². The number of nitrogens with one attached hydrogen (secondary N) is 2. The summed E-state index contributed by atoms with van der Waals surface area (Å²) >= 11 is 6.73. The van der Waals surface area contributed by atoms with E-state index in [0.717, 1.165) is 22.0 Å². The Hall–Kier alpha value is 1.21. The van der Waals surface area contributed by atoms with Gasteiger partial charge in [0.2, 0.25) is 0 Å². The highest BCUT2D eigenvalue weighted by Crippen LogP contribution is 2.38. The first-order chi connectivity index (χ1) is 8.77. The Kier molecular flexibility index (Phi) is 5.36. The van der Waals surface area contributed by atoms with Crippen molar-refractivity contribution in [1.29, 1.82) is 0 Å². The summed E-state index contributed by atoms with van der Waals surface area (Å²) in [5, 5.41) is 13.4.